The number of carbonyl (C=O) groups excluding carboxylic acids is 4. The largest absolute Gasteiger partial charge is 0.472 e. The van der Waals surface area contributed by atoms with Crippen molar-refractivity contribution < 1.29 is 80.2 Å². The first kappa shape index (κ1) is 103. The lowest BCUT2D eigenvalue weighted by Gasteiger charge is -2.21. The molecule has 0 aliphatic rings. The molecule has 0 aromatic rings. The number of ether oxygens (including phenoxy) is 4. The number of carbonyl (C=O) groups is 4. The Morgan fingerprint density at radius 3 is 0.648 bits per heavy atom. The molecule has 19 heteroatoms. The Morgan fingerprint density at radius 1 is 0.257 bits per heavy atom. The van der Waals surface area contributed by atoms with Crippen LogP contribution in [0, 0.1) is 11.8 Å². The molecule has 624 valence electrons. The van der Waals surface area contributed by atoms with E-state index < -0.39 is 97.5 Å². The molecule has 0 spiro atoms. The van der Waals surface area contributed by atoms with Crippen LogP contribution < -0.4 is 0 Å². The van der Waals surface area contributed by atoms with Gasteiger partial charge >= 0.3 is 39.5 Å². The van der Waals surface area contributed by atoms with Crippen LogP contribution in [0.15, 0.2) is 0 Å². The summed E-state index contributed by atoms with van der Waals surface area (Å²) >= 11 is 0. The number of aliphatic hydroxyl groups excluding tert-OH is 1. The Hall–Kier alpha value is -1.94. The third-order valence-corrected chi connectivity index (χ3v) is 22.1. The summed E-state index contributed by atoms with van der Waals surface area (Å²) in [5, 5.41) is 10.7. The Morgan fingerprint density at radius 2 is 0.438 bits per heavy atom. The Kier molecular flexibility index (Phi) is 76.0. The Labute approximate surface area is 645 Å². The topological polar surface area (TPSA) is 237 Å². The molecule has 0 amide bonds. The lowest BCUT2D eigenvalue weighted by Crippen LogP contribution is -2.30. The van der Waals surface area contributed by atoms with Crippen LogP contribution in [0.5, 0.6) is 0 Å². The van der Waals surface area contributed by atoms with Crippen molar-refractivity contribution in [2.24, 2.45) is 11.8 Å². The number of rotatable bonds is 85. The maximum Gasteiger partial charge on any atom is 0.472 e. The van der Waals surface area contributed by atoms with E-state index in [1.54, 1.807) is 0 Å². The van der Waals surface area contributed by atoms with E-state index in [2.05, 4.69) is 41.5 Å². The second-order valence-electron chi connectivity index (χ2n) is 31.9. The summed E-state index contributed by atoms with van der Waals surface area (Å²) in [6.45, 7) is 9.74. The molecule has 0 rings (SSSR count). The number of aliphatic hydroxyl groups is 1. The Bertz CT molecular complexity index is 2010. The van der Waals surface area contributed by atoms with Gasteiger partial charge in [0.25, 0.3) is 0 Å². The molecular weight excluding hydrogens is 1370 g/mol. The normalized spacial score (nSPS) is 13.8. The molecule has 3 N–H and O–H groups in total. The van der Waals surface area contributed by atoms with Gasteiger partial charge in [0.05, 0.1) is 26.4 Å². The lowest BCUT2D eigenvalue weighted by atomic mass is 10.0. The molecule has 0 aromatic heterocycles. The zero-order valence-electron chi connectivity index (χ0n) is 69.0. The van der Waals surface area contributed by atoms with Crippen molar-refractivity contribution in [3.05, 3.63) is 0 Å². The van der Waals surface area contributed by atoms with E-state index >= 15 is 0 Å². The molecule has 0 aliphatic carbocycles. The molecule has 0 radical (unpaired) electrons. The van der Waals surface area contributed by atoms with Crippen LogP contribution in [0.2, 0.25) is 0 Å². The zero-order chi connectivity index (χ0) is 77.1. The monoisotopic (exact) mass is 1540 g/mol. The van der Waals surface area contributed by atoms with Gasteiger partial charge in [-0.15, -0.1) is 0 Å². The van der Waals surface area contributed by atoms with Crippen LogP contribution in [0.1, 0.15) is 459 Å². The predicted molar refractivity (Wildman–Crippen MR) is 432 cm³/mol. The second kappa shape index (κ2) is 77.4. The molecule has 2 unspecified atom stereocenters. The van der Waals surface area contributed by atoms with Crippen molar-refractivity contribution in [2.45, 2.75) is 477 Å². The molecule has 0 saturated carbocycles. The highest BCUT2D eigenvalue weighted by molar-refractivity contribution is 7.47. The SMILES string of the molecule is CCCCCCCCCCCCCCCCCCC(=O)O[C@H](COC(=O)CCCCCCCCCCCCCCC)COP(=O)(O)OC[C@H](O)COP(=O)(O)OC[C@@H](COC(=O)CCCCCCCCCCCCCCCCCC(C)C)OC(=O)CCCCCCCCCCCCCCCCCC(C)C. The molecule has 5 atom stereocenters. The molecule has 0 fully saturated rings. The van der Waals surface area contributed by atoms with Gasteiger partial charge in [-0.1, -0.05) is 408 Å². The molecular formula is C86H168O17P2. The van der Waals surface area contributed by atoms with E-state index in [-0.39, 0.29) is 25.7 Å². The van der Waals surface area contributed by atoms with Gasteiger partial charge in [-0.3, -0.25) is 37.3 Å². The van der Waals surface area contributed by atoms with E-state index in [9.17, 15) is 43.2 Å². The number of esters is 4. The molecule has 0 saturated heterocycles. The van der Waals surface area contributed by atoms with Crippen molar-refractivity contribution in [3.63, 3.8) is 0 Å². The first-order valence-corrected chi connectivity index (χ1v) is 47.5. The molecule has 0 heterocycles. The summed E-state index contributed by atoms with van der Waals surface area (Å²) < 4.78 is 68.9. The molecule has 0 aliphatic heterocycles. The minimum Gasteiger partial charge on any atom is -0.462 e. The summed E-state index contributed by atoms with van der Waals surface area (Å²) in [5.74, 6) is -0.490. The Balaban J connectivity index is 5.27. The van der Waals surface area contributed by atoms with Gasteiger partial charge in [0, 0.05) is 25.7 Å². The molecule has 105 heavy (non-hydrogen) atoms. The van der Waals surface area contributed by atoms with Crippen molar-refractivity contribution >= 4 is 39.5 Å². The van der Waals surface area contributed by atoms with Crippen molar-refractivity contribution in [1.82, 2.24) is 0 Å². The van der Waals surface area contributed by atoms with Gasteiger partial charge in [-0.05, 0) is 37.5 Å². The fourth-order valence-electron chi connectivity index (χ4n) is 13.4. The third-order valence-electron chi connectivity index (χ3n) is 20.2. The summed E-state index contributed by atoms with van der Waals surface area (Å²) in [5.41, 5.74) is 0. The van der Waals surface area contributed by atoms with E-state index in [4.69, 9.17) is 37.0 Å². The van der Waals surface area contributed by atoms with Crippen LogP contribution in [0.3, 0.4) is 0 Å². The van der Waals surface area contributed by atoms with Crippen molar-refractivity contribution in [1.29, 1.82) is 0 Å². The second-order valence-corrected chi connectivity index (χ2v) is 34.8. The number of phosphoric ester groups is 2. The molecule has 0 aromatic carbocycles. The van der Waals surface area contributed by atoms with Crippen LogP contribution >= 0.6 is 15.6 Å². The lowest BCUT2D eigenvalue weighted by molar-refractivity contribution is -0.161. The first-order valence-electron chi connectivity index (χ1n) is 44.5. The summed E-state index contributed by atoms with van der Waals surface area (Å²) in [7, 11) is -9.93. The van der Waals surface area contributed by atoms with Crippen LogP contribution in [-0.4, -0.2) is 96.7 Å². The highest BCUT2D eigenvalue weighted by Gasteiger charge is 2.30. The summed E-state index contributed by atoms with van der Waals surface area (Å²) in [6.07, 6.45) is 69.2. The number of hydrogen-bond donors (Lipinski definition) is 3. The fourth-order valence-corrected chi connectivity index (χ4v) is 15.0. The predicted octanol–water partition coefficient (Wildman–Crippen LogP) is 26.2. The quantitative estimate of drug-likeness (QED) is 0.0222. The van der Waals surface area contributed by atoms with Gasteiger partial charge in [-0.2, -0.15) is 0 Å². The highest BCUT2D eigenvalue weighted by Crippen LogP contribution is 2.45. The number of unbranched alkanes of at least 4 members (excludes halogenated alkanes) is 55. The van der Waals surface area contributed by atoms with Crippen molar-refractivity contribution in [2.75, 3.05) is 39.6 Å². The average Bonchev–Trinajstić information content (AvgIpc) is 0.906. The van der Waals surface area contributed by atoms with Crippen LogP contribution in [0.4, 0.5) is 0 Å². The van der Waals surface area contributed by atoms with Crippen LogP contribution in [0.25, 0.3) is 0 Å². The minimum atomic E-state index is -4.97. The van der Waals surface area contributed by atoms with E-state index in [1.807, 2.05) is 0 Å². The van der Waals surface area contributed by atoms with Gasteiger partial charge in [0.2, 0.25) is 0 Å². The van der Waals surface area contributed by atoms with Gasteiger partial charge in [0.1, 0.15) is 19.3 Å². The van der Waals surface area contributed by atoms with Gasteiger partial charge in [-0.25, -0.2) is 9.13 Å². The van der Waals surface area contributed by atoms with Crippen LogP contribution in [-0.2, 0) is 65.4 Å². The average molecular weight is 1540 g/mol. The summed E-state index contributed by atoms with van der Waals surface area (Å²) in [6, 6.07) is 0. The first-order chi connectivity index (χ1) is 50.9. The third kappa shape index (κ3) is 79.9. The molecule has 17 nitrogen and oxygen atoms in total. The van der Waals surface area contributed by atoms with E-state index in [1.165, 1.54) is 276 Å². The molecule has 0 bridgehead atoms. The maximum absolute atomic E-state index is 13.1. The number of phosphoric acid groups is 2. The van der Waals surface area contributed by atoms with Gasteiger partial charge in [0.15, 0.2) is 12.2 Å². The van der Waals surface area contributed by atoms with E-state index in [0.29, 0.717) is 25.7 Å². The minimum absolute atomic E-state index is 0.108. The zero-order valence-corrected chi connectivity index (χ0v) is 70.8. The maximum atomic E-state index is 13.1. The number of hydrogen-bond acceptors (Lipinski definition) is 15. The van der Waals surface area contributed by atoms with E-state index in [0.717, 1.165) is 102 Å². The van der Waals surface area contributed by atoms with Gasteiger partial charge < -0.3 is 33.8 Å². The highest BCUT2D eigenvalue weighted by atomic mass is 31.2. The standard InChI is InChI=1S/C86H168O17P2/c1-7-9-11-13-15-17-19-21-22-27-34-40-46-52-58-64-70-85(90)102-81(74-96-83(88)68-62-56-50-44-38-30-20-18-16-14-12-10-8-2)76-100-104(92,93)98-72-80(87)73-99-105(94,95)101-77-82(103-86(91)71-65-59-53-47-41-35-29-24-26-32-37-43-49-55-61-67-79(5)6)75-97-84(89)69-63-57-51-45-39-33-28-23-25-31-36-42-48-54-60-66-78(3)4/h78-82,87H,7-77H2,1-6H3,(H,92,93)(H,94,95)/t80-,81+,82+/m0/s1. The summed E-state index contributed by atoms with van der Waals surface area (Å²) in [4.78, 5) is 73.3. The fraction of sp³-hybridized carbons (Fsp3) is 0.953. The van der Waals surface area contributed by atoms with Crippen molar-refractivity contribution in [3.8, 4) is 0 Å². The smallest absolute Gasteiger partial charge is 0.462 e.